The van der Waals surface area contributed by atoms with Gasteiger partial charge in [-0.3, -0.25) is 0 Å². The van der Waals surface area contributed by atoms with Crippen LogP contribution in [0.1, 0.15) is 18.9 Å². The number of hydrogen-bond donors (Lipinski definition) is 3. The van der Waals surface area contributed by atoms with Crippen molar-refractivity contribution in [1.82, 2.24) is 20.6 Å². The highest BCUT2D eigenvalue weighted by Gasteiger charge is 2.37. The van der Waals surface area contributed by atoms with Crippen molar-refractivity contribution >= 4 is 17.1 Å². The molecule has 4 rings (SSSR count). The zero-order chi connectivity index (χ0) is 23.0. The molecule has 0 bridgehead atoms. The summed E-state index contributed by atoms with van der Waals surface area (Å²) in [5.41, 5.74) is -1.24. The van der Waals surface area contributed by atoms with Gasteiger partial charge in [0.2, 0.25) is 0 Å². The number of ether oxygens (including phenoxy) is 2. The second-order valence-electron chi connectivity index (χ2n) is 7.50. The number of nitrogens with one attached hydrogen (secondary N) is 3. The van der Waals surface area contributed by atoms with Gasteiger partial charge in [-0.15, -0.1) is 0 Å². The van der Waals surface area contributed by atoms with Crippen molar-refractivity contribution in [3.63, 3.8) is 0 Å². The number of nitrogens with zero attached hydrogens (tertiary/aromatic N) is 1. The van der Waals surface area contributed by atoms with Crippen molar-refractivity contribution in [2.24, 2.45) is 5.92 Å². The lowest BCUT2D eigenvalue weighted by Crippen LogP contribution is -2.44. The van der Waals surface area contributed by atoms with Crippen LogP contribution in [0.2, 0.25) is 0 Å². The molecule has 1 saturated heterocycles. The van der Waals surface area contributed by atoms with Gasteiger partial charge in [-0.25, -0.2) is 18.6 Å². The van der Waals surface area contributed by atoms with Gasteiger partial charge in [0.15, 0.2) is 17.8 Å². The molecule has 0 radical (unpaired) electrons. The number of halogens is 5. The minimum atomic E-state index is -4.73. The van der Waals surface area contributed by atoms with Crippen LogP contribution in [0, 0.1) is 5.92 Å². The normalized spacial score (nSPS) is 23.9. The first kappa shape index (κ1) is 22.1. The second-order valence-corrected chi connectivity index (χ2v) is 7.50. The van der Waals surface area contributed by atoms with E-state index in [2.05, 4.69) is 20.6 Å². The number of pyridine rings is 1. The van der Waals surface area contributed by atoms with E-state index in [9.17, 15) is 22.4 Å². The number of amides is 2. The van der Waals surface area contributed by atoms with E-state index in [1.807, 2.05) is 0 Å². The standard InChI is InChI=1S/C20H19F5N4O3/c1-9-13(29-19(30)28-10-3-5-31-8-10)6-12(21)17(16(9)22)32-14-2-4-26-18-15(14)11(7-27-18)20(23,24)25/h2,4,6-7,9-10,16H,3,5,8H2,1H3,(H,26,27)(H2,28,29,30)/t9?,10-,16?/m0/s1. The summed E-state index contributed by atoms with van der Waals surface area (Å²) in [5, 5.41) is 4.62. The van der Waals surface area contributed by atoms with Crippen LogP contribution < -0.4 is 15.4 Å². The fraction of sp³-hybridized carbons (Fsp3) is 0.400. The topological polar surface area (TPSA) is 88.3 Å². The van der Waals surface area contributed by atoms with Crippen molar-refractivity contribution in [3.05, 3.63) is 47.4 Å². The maximum atomic E-state index is 15.0. The lowest BCUT2D eigenvalue weighted by Gasteiger charge is -2.27. The lowest BCUT2D eigenvalue weighted by molar-refractivity contribution is -0.136. The molecule has 2 amide bonds. The highest BCUT2D eigenvalue weighted by molar-refractivity contribution is 5.87. The van der Waals surface area contributed by atoms with E-state index in [4.69, 9.17) is 9.47 Å². The van der Waals surface area contributed by atoms with E-state index in [0.717, 1.165) is 18.3 Å². The first-order valence-corrected chi connectivity index (χ1v) is 9.77. The molecular weight excluding hydrogens is 439 g/mol. The fourth-order valence-electron chi connectivity index (χ4n) is 3.57. The van der Waals surface area contributed by atoms with Gasteiger partial charge >= 0.3 is 12.2 Å². The highest BCUT2D eigenvalue weighted by Crippen LogP contribution is 2.40. The van der Waals surface area contributed by atoms with Gasteiger partial charge < -0.3 is 25.1 Å². The summed E-state index contributed by atoms with van der Waals surface area (Å²) in [5.74, 6) is -3.35. The Bertz CT molecular complexity index is 1090. The van der Waals surface area contributed by atoms with Gasteiger partial charge in [0.05, 0.1) is 23.6 Å². The van der Waals surface area contributed by atoms with Crippen molar-refractivity contribution in [2.45, 2.75) is 31.7 Å². The average Bonchev–Trinajstić information content (AvgIpc) is 3.39. The predicted octanol–water partition coefficient (Wildman–Crippen LogP) is 4.10. The maximum absolute atomic E-state index is 15.0. The van der Waals surface area contributed by atoms with Gasteiger partial charge in [-0.2, -0.15) is 13.2 Å². The number of rotatable bonds is 4. The van der Waals surface area contributed by atoms with E-state index in [-0.39, 0.29) is 17.4 Å². The molecule has 32 heavy (non-hydrogen) atoms. The molecule has 7 nitrogen and oxygen atoms in total. The van der Waals surface area contributed by atoms with Crippen LogP contribution in [-0.4, -0.2) is 41.4 Å². The number of urea groups is 1. The minimum absolute atomic E-state index is 0.0312. The van der Waals surface area contributed by atoms with Crippen molar-refractivity contribution in [1.29, 1.82) is 0 Å². The summed E-state index contributed by atoms with van der Waals surface area (Å²) < 4.78 is 80.2. The number of hydrogen-bond acceptors (Lipinski definition) is 4. The van der Waals surface area contributed by atoms with Crippen LogP contribution >= 0.6 is 0 Å². The molecule has 1 aliphatic heterocycles. The van der Waals surface area contributed by atoms with E-state index in [1.165, 1.54) is 6.92 Å². The van der Waals surface area contributed by atoms with E-state index in [0.29, 0.717) is 25.8 Å². The zero-order valence-electron chi connectivity index (χ0n) is 16.7. The Hall–Kier alpha value is -3.15. The Balaban J connectivity index is 1.60. The number of alkyl halides is 4. The predicted molar refractivity (Wildman–Crippen MR) is 103 cm³/mol. The summed E-state index contributed by atoms with van der Waals surface area (Å²) >= 11 is 0. The minimum Gasteiger partial charge on any atom is -0.455 e. The monoisotopic (exact) mass is 458 g/mol. The summed E-state index contributed by atoms with van der Waals surface area (Å²) in [6, 6.07) is 0.256. The summed E-state index contributed by atoms with van der Waals surface area (Å²) in [4.78, 5) is 18.3. The number of carbonyl (C=O) groups excluding carboxylic acids is 1. The summed E-state index contributed by atoms with van der Waals surface area (Å²) in [6.07, 6.45) is -3.40. The van der Waals surface area contributed by atoms with Crippen LogP contribution in [0.25, 0.3) is 11.0 Å². The molecule has 12 heteroatoms. The molecule has 1 fully saturated rings. The third kappa shape index (κ3) is 4.27. The lowest BCUT2D eigenvalue weighted by atomic mass is 9.94. The molecule has 0 aromatic carbocycles. The Morgan fingerprint density at radius 2 is 2.16 bits per heavy atom. The molecular formula is C20H19F5N4O3. The zero-order valence-corrected chi connectivity index (χ0v) is 16.7. The van der Waals surface area contributed by atoms with Crippen molar-refractivity contribution in [2.75, 3.05) is 13.2 Å². The maximum Gasteiger partial charge on any atom is 0.418 e. The van der Waals surface area contributed by atoms with E-state index in [1.54, 1.807) is 0 Å². The number of fused-ring (bicyclic) bond motifs is 1. The number of H-pyrrole nitrogens is 1. The molecule has 0 saturated carbocycles. The second kappa shape index (κ2) is 8.41. The number of aromatic amines is 1. The summed E-state index contributed by atoms with van der Waals surface area (Å²) in [7, 11) is 0. The van der Waals surface area contributed by atoms with Gasteiger partial charge in [0.1, 0.15) is 11.4 Å². The smallest absolute Gasteiger partial charge is 0.418 e. The van der Waals surface area contributed by atoms with Crippen LogP contribution in [0.5, 0.6) is 5.75 Å². The van der Waals surface area contributed by atoms with E-state index < -0.39 is 52.6 Å². The van der Waals surface area contributed by atoms with Gasteiger partial charge in [-0.05, 0) is 18.6 Å². The number of aromatic nitrogens is 2. The third-order valence-corrected chi connectivity index (χ3v) is 5.28. The first-order valence-electron chi connectivity index (χ1n) is 9.77. The molecule has 1 aliphatic carbocycles. The molecule has 2 aromatic heterocycles. The quantitative estimate of drug-likeness (QED) is 0.602. The molecule has 2 aromatic rings. The van der Waals surface area contributed by atoms with E-state index >= 15 is 4.39 Å². The fourth-order valence-corrected chi connectivity index (χ4v) is 3.57. The molecule has 3 atom stereocenters. The highest BCUT2D eigenvalue weighted by atomic mass is 19.4. The van der Waals surface area contributed by atoms with Gasteiger partial charge in [-0.1, -0.05) is 6.92 Å². The van der Waals surface area contributed by atoms with Gasteiger partial charge in [0, 0.05) is 30.6 Å². The first-order chi connectivity index (χ1) is 15.1. The van der Waals surface area contributed by atoms with Crippen LogP contribution in [0.4, 0.5) is 26.7 Å². The molecule has 2 aliphatic rings. The Kier molecular flexibility index (Phi) is 5.80. The molecule has 172 valence electrons. The van der Waals surface area contributed by atoms with Crippen molar-refractivity contribution < 1.29 is 36.2 Å². The van der Waals surface area contributed by atoms with Crippen LogP contribution in [0.15, 0.2) is 41.8 Å². The Morgan fingerprint density at radius 1 is 1.38 bits per heavy atom. The number of allylic oxidation sites excluding steroid dienone is 4. The Labute approximate surface area is 178 Å². The molecule has 2 unspecified atom stereocenters. The Morgan fingerprint density at radius 3 is 2.84 bits per heavy atom. The molecule has 3 heterocycles. The molecule has 3 N–H and O–H groups in total. The molecule has 0 spiro atoms. The van der Waals surface area contributed by atoms with Crippen LogP contribution in [0.3, 0.4) is 0 Å². The van der Waals surface area contributed by atoms with Crippen molar-refractivity contribution in [3.8, 4) is 5.75 Å². The third-order valence-electron chi connectivity index (χ3n) is 5.28. The average molecular weight is 458 g/mol. The number of carbonyl (C=O) groups is 1. The summed E-state index contributed by atoms with van der Waals surface area (Å²) in [6.45, 7) is 2.25. The largest absolute Gasteiger partial charge is 0.455 e. The van der Waals surface area contributed by atoms with Crippen LogP contribution in [-0.2, 0) is 10.9 Å². The SMILES string of the molecule is CC1C(NC(=O)N[C@H]2CCOC2)=CC(F)=C(Oc2ccnc3[nH]cc(C(F)(F)F)c23)C1F. The van der Waals surface area contributed by atoms with Gasteiger partial charge in [0.25, 0.3) is 0 Å².